The van der Waals surface area contributed by atoms with Gasteiger partial charge in [0.2, 0.25) is 0 Å². The van der Waals surface area contributed by atoms with Crippen molar-refractivity contribution in [2.45, 2.75) is 0 Å². The summed E-state index contributed by atoms with van der Waals surface area (Å²) in [6.45, 7) is 0. The molecule has 2 N–H and O–H groups in total. The molecule has 0 saturated heterocycles. The molecule has 0 aliphatic heterocycles. The third-order valence-corrected chi connectivity index (χ3v) is 3.51. The number of halogens is 2. The van der Waals surface area contributed by atoms with Gasteiger partial charge in [0, 0.05) is 16.6 Å². The summed E-state index contributed by atoms with van der Waals surface area (Å²) in [5.74, 6) is -0.429. The van der Waals surface area contributed by atoms with Crippen molar-refractivity contribution in [3.63, 3.8) is 0 Å². The fourth-order valence-electron chi connectivity index (χ4n) is 1.26. The average molecular weight is 332 g/mol. The standard InChI is InChI=1S/C11H7Cl2N3OS2/c12-6-1-2-8(13)7(5-6)9(17)15-10(18)16-11-14-3-4-19-11/h1-5H,(H2,14,15,16,17,18). The molecule has 0 atom stereocenters. The molecule has 19 heavy (non-hydrogen) atoms. The first-order chi connectivity index (χ1) is 9.06. The predicted octanol–water partition coefficient (Wildman–Crippen LogP) is 3.58. The van der Waals surface area contributed by atoms with Gasteiger partial charge in [-0.15, -0.1) is 11.3 Å². The average Bonchev–Trinajstić information content (AvgIpc) is 2.84. The summed E-state index contributed by atoms with van der Waals surface area (Å²) in [6, 6.07) is 4.63. The minimum absolute atomic E-state index is 0.149. The Bertz CT molecular complexity index is 616. The lowest BCUT2D eigenvalue weighted by molar-refractivity contribution is 0.0978. The van der Waals surface area contributed by atoms with Crippen LogP contribution in [-0.4, -0.2) is 16.0 Å². The van der Waals surface area contributed by atoms with Crippen molar-refractivity contribution in [1.29, 1.82) is 0 Å². The molecule has 0 saturated carbocycles. The van der Waals surface area contributed by atoms with Crippen LogP contribution in [-0.2, 0) is 0 Å². The van der Waals surface area contributed by atoms with Gasteiger partial charge in [0.15, 0.2) is 10.2 Å². The second kappa shape index (κ2) is 6.29. The van der Waals surface area contributed by atoms with Gasteiger partial charge in [-0.2, -0.15) is 0 Å². The highest BCUT2D eigenvalue weighted by molar-refractivity contribution is 7.80. The van der Waals surface area contributed by atoms with Crippen LogP contribution in [0.1, 0.15) is 10.4 Å². The topological polar surface area (TPSA) is 54.0 Å². The third-order valence-electron chi connectivity index (χ3n) is 2.05. The largest absolute Gasteiger partial charge is 0.308 e. The number of hydrogen-bond acceptors (Lipinski definition) is 4. The Kier molecular flexibility index (Phi) is 4.71. The van der Waals surface area contributed by atoms with E-state index in [0.29, 0.717) is 15.2 Å². The first kappa shape index (κ1) is 14.2. The zero-order chi connectivity index (χ0) is 13.8. The Morgan fingerprint density at radius 1 is 1.37 bits per heavy atom. The van der Waals surface area contributed by atoms with E-state index >= 15 is 0 Å². The van der Waals surface area contributed by atoms with Crippen LogP contribution >= 0.6 is 46.8 Å². The van der Waals surface area contributed by atoms with Crippen molar-refractivity contribution in [3.8, 4) is 0 Å². The minimum Gasteiger partial charge on any atom is -0.308 e. The van der Waals surface area contributed by atoms with Gasteiger partial charge < -0.3 is 5.32 Å². The smallest absolute Gasteiger partial charge is 0.258 e. The maximum absolute atomic E-state index is 12.0. The number of aromatic nitrogens is 1. The summed E-state index contributed by atoms with van der Waals surface area (Å²) < 4.78 is 0. The maximum atomic E-state index is 12.0. The van der Waals surface area contributed by atoms with Crippen LogP contribution < -0.4 is 10.6 Å². The molecule has 0 bridgehead atoms. The quantitative estimate of drug-likeness (QED) is 0.826. The van der Waals surface area contributed by atoms with Crippen molar-refractivity contribution in [3.05, 3.63) is 45.4 Å². The van der Waals surface area contributed by atoms with Crippen LogP contribution in [0.2, 0.25) is 10.0 Å². The Hall–Kier alpha value is -1.21. The number of nitrogens with one attached hydrogen (secondary N) is 2. The SMILES string of the molecule is O=C(NC(=S)Nc1nccs1)c1cc(Cl)ccc1Cl. The van der Waals surface area contributed by atoms with E-state index in [1.807, 2.05) is 0 Å². The van der Waals surface area contributed by atoms with Gasteiger partial charge in [-0.3, -0.25) is 10.1 Å². The molecule has 98 valence electrons. The van der Waals surface area contributed by atoms with E-state index in [9.17, 15) is 4.79 Å². The number of hydrogen-bond donors (Lipinski definition) is 2. The molecule has 2 aromatic rings. The highest BCUT2D eigenvalue weighted by Crippen LogP contribution is 2.20. The molecule has 0 spiro atoms. The van der Waals surface area contributed by atoms with Crippen molar-refractivity contribution >= 4 is 62.9 Å². The van der Waals surface area contributed by atoms with Gasteiger partial charge in [0.25, 0.3) is 5.91 Å². The highest BCUT2D eigenvalue weighted by Gasteiger charge is 2.12. The first-order valence-corrected chi connectivity index (χ1v) is 7.07. The van der Waals surface area contributed by atoms with Gasteiger partial charge in [-0.1, -0.05) is 23.2 Å². The molecule has 2 rings (SSSR count). The molecule has 0 radical (unpaired) electrons. The third kappa shape index (κ3) is 3.87. The monoisotopic (exact) mass is 331 g/mol. The Morgan fingerprint density at radius 3 is 2.84 bits per heavy atom. The minimum atomic E-state index is -0.429. The van der Waals surface area contributed by atoms with Gasteiger partial charge in [-0.05, 0) is 30.4 Å². The second-order valence-electron chi connectivity index (χ2n) is 3.37. The molecule has 0 unspecified atom stereocenters. The molecule has 1 amide bonds. The number of thiocarbonyl (C=S) groups is 1. The van der Waals surface area contributed by atoms with Gasteiger partial charge in [0.05, 0.1) is 10.6 Å². The fraction of sp³-hybridized carbons (Fsp3) is 0. The summed E-state index contributed by atoms with van der Waals surface area (Å²) in [5.41, 5.74) is 0.262. The molecular formula is C11H7Cl2N3OS2. The summed E-state index contributed by atoms with van der Waals surface area (Å²) in [5, 5.41) is 8.56. The maximum Gasteiger partial charge on any atom is 0.258 e. The van der Waals surface area contributed by atoms with E-state index in [1.54, 1.807) is 23.7 Å². The number of carbonyl (C=O) groups excluding carboxylic acids is 1. The van der Waals surface area contributed by atoms with E-state index in [0.717, 1.165) is 0 Å². The zero-order valence-corrected chi connectivity index (χ0v) is 12.5. The van der Waals surface area contributed by atoms with Gasteiger partial charge in [-0.25, -0.2) is 4.98 Å². The number of benzene rings is 1. The number of amides is 1. The lowest BCUT2D eigenvalue weighted by Crippen LogP contribution is -2.34. The van der Waals surface area contributed by atoms with E-state index in [1.165, 1.54) is 17.4 Å². The van der Waals surface area contributed by atoms with Crippen molar-refractivity contribution in [2.24, 2.45) is 0 Å². The Labute approximate surface area is 128 Å². The van der Waals surface area contributed by atoms with Crippen LogP contribution in [0.15, 0.2) is 29.8 Å². The molecule has 1 aromatic heterocycles. The molecule has 1 heterocycles. The molecule has 1 aromatic carbocycles. The number of rotatable bonds is 2. The van der Waals surface area contributed by atoms with E-state index in [-0.39, 0.29) is 10.7 Å². The van der Waals surface area contributed by atoms with E-state index < -0.39 is 5.91 Å². The molecule has 4 nitrogen and oxygen atoms in total. The molecular weight excluding hydrogens is 325 g/mol. The molecule has 8 heteroatoms. The molecule has 0 aliphatic rings. The number of thiazole rings is 1. The van der Waals surface area contributed by atoms with Crippen molar-refractivity contribution in [1.82, 2.24) is 10.3 Å². The Morgan fingerprint density at radius 2 is 2.16 bits per heavy atom. The zero-order valence-electron chi connectivity index (χ0n) is 9.31. The Balaban J connectivity index is 2.04. The summed E-state index contributed by atoms with van der Waals surface area (Å²) in [7, 11) is 0. The summed E-state index contributed by atoms with van der Waals surface area (Å²) in [6.07, 6.45) is 1.63. The predicted molar refractivity (Wildman–Crippen MR) is 82.3 cm³/mol. The highest BCUT2D eigenvalue weighted by atomic mass is 35.5. The van der Waals surface area contributed by atoms with Crippen LogP contribution in [0.4, 0.5) is 5.13 Å². The van der Waals surface area contributed by atoms with Gasteiger partial charge in [0.1, 0.15) is 0 Å². The van der Waals surface area contributed by atoms with Crippen LogP contribution in [0.25, 0.3) is 0 Å². The normalized spacial score (nSPS) is 10.0. The van der Waals surface area contributed by atoms with Crippen LogP contribution in [0.3, 0.4) is 0 Å². The summed E-state index contributed by atoms with van der Waals surface area (Å²) in [4.78, 5) is 15.9. The first-order valence-electron chi connectivity index (χ1n) is 5.03. The van der Waals surface area contributed by atoms with Crippen molar-refractivity contribution in [2.75, 3.05) is 5.32 Å². The van der Waals surface area contributed by atoms with Gasteiger partial charge >= 0.3 is 0 Å². The van der Waals surface area contributed by atoms with Crippen LogP contribution in [0, 0.1) is 0 Å². The second-order valence-corrected chi connectivity index (χ2v) is 5.52. The van der Waals surface area contributed by atoms with Crippen molar-refractivity contribution < 1.29 is 4.79 Å². The molecule has 0 fully saturated rings. The lowest BCUT2D eigenvalue weighted by atomic mass is 10.2. The lowest BCUT2D eigenvalue weighted by Gasteiger charge is -2.08. The molecule has 0 aliphatic carbocycles. The fourth-order valence-corrected chi connectivity index (χ4v) is 2.42. The van der Waals surface area contributed by atoms with E-state index in [4.69, 9.17) is 35.4 Å². The van der Waals surface area contributed by atoms with E-state index in [2.05, 4.69) is 15.6 Å². The number of anilines is 1. The summed E-state index contributed by atoms with van der Waals surface area (Å²) >= 11 is 18.1. The number of carbonyl (C=O) groups is 1. The number of nitrogens with zero attached hydrogens (tertiary/aromatic N) is 1. The van der Waals surface area contributed by atoms with Crippen LogP contribution in [0.5, 0.6) is 0 Å².